The van der Waals surface area contributed by atoms with Gasteiger partial charge in [0.2, 0.25) is 5.91 Å². The summed E-state index contributed by atoms with van der Waals surface area (Å²) >= 11 is 0. The average Bonchev–Trinajstić information content (AvgIpc) is 2.41. The van der Waals surface area contributed by atoms with Gasteiger partial charge in [0, 0.05) is 6.54 Å². The number of nitrogens with two attached hydrogens (primary N) is 1. The second-order valence-electron chi connectivity index (χ2n) is 4.48. The van der Waals surface area contributed by atoms with E-state index >= 15 is 0 Å². The highest BCUT2D eigenvalue weighted by Crippen LogP contribution is 2.28. The summed E-state index contributed by atoms with van der Waals surface area (Å²) in [4.78, 5) is 11.4. The van der Waals surface area contributed by atoms with Gasteiger partial charge in [0.05, 0.1) is 19.3 Å². The molecule has 0 aliphatic heterocycles. The minimum Gasteiger partial charge on any atom is -0.490 e. The lowest BCUT2D eigenvalue weighted by Gasteiger charge is -2.13. The van der Waals surface area contributed by atoms with Crippen LogP contribution < -0.4 is 20.5 Å². The second kappa shape index (κ2) is 10.3. The highest BCUT2D eigenvalue weighted by atomic mass is 35.5. The van der Waals surface area contributed by atoms with Crippen LogP contribution in [-0.4, -0.2) is 31.7 Å². The van der Waals surface area contributed by atoms with Crippen molar-refractivity contribution in [2.24, 2.45) is 5.73 Å². The molecule has 5 nitrogen and oxygen atoms in total. The molecule has 1 amide bonds. The maximum absolute atomic E-state index is 11.4. The first-order valence-electron chi connectivity index (χ1n) is 7.00. The van der Waals surface area contributed by atoms with E-state index in [0.29, 0.717) is 19.8 Å². The Hall–Kier alpha value is -1.46. The van der Waals surface area contributed by atoms with Crippen molar-refractivity contribution >= 4 is 18.3 Å². The molecule has 21 heavy (non-hydrogen) atoms. The highest BCUT2D eigenvalue weighted by Gasteiger charge is 2.08. The van der Waals surface area contributed by atoms with E-state index in [4.69, 9.17) is 15.2 Å². The Balaban J connectivity index is 0.00000400. The van der Waals surface area contributed by atoms with Crippen LogP contribution in [0.4, 0.5) is 0 Å². The Bertz CT molecular complexity index is 439. The third-order valence-corrected chi connectivity index (χ3v) is 2.73. The number of nitrogens with one attached hydrogen (secondary N) is 1. The van der Waals surface area contributed by atoms with Crippen LogP contribution in [0.2, 0.25) is 0 Å². The Labute approximate surface area is 132 Å². The first kappa shape index (κ1) is 19.5. The molecule has 0 unspecified atom stereocenters. The molecule has 1 aromatic carbocycles. The molecule has 0 saturated carbocycles. The lowest BCUT2D eigenvalue weighted by atomic mass is 10.1. The van der Waals surface area contributed by atoms with E-state index in [0.717, 1.165) is 23.5 Å². The van der Waals surface area contributed by atoms with Crippen molar-refractivity contribution in [3.05, 3.63) is 23.8 Å². The molecule has 1 aromatic rings. The van der Waals surface area contributed by atoms with Gasteiger partial charge in [-0.15, -0.1) is 12.4 Å². The fourth-order valence-electron chi connectivity index (χ4n) is 1.74. The van der Waals surface area contributed by atoms with Gasteiger partial charge in [-0.25, -0.2) is 0 Å². The van der Waals surface area contributed by atoms with Crippen LogP contribution in [0.3, 0.4) is 0 Å². The lowest BCUT2D eigenvalue weighted by molar-refractivity contribution is -0.121. The summed E-state index contributed by atoms with van der Waals surface area (Å²) in [6.45, 7) is 7.28. The summed E-state index contributed by atoms with van der Waals surface area (Å²) in [5.74, 6) is 1.35. The molecular weight excluding hydrogens is 292 g/mol. The Morgan fingerprint density at radius 2 is 1.86 bits per heavy atom. The van der Waals surface area contributed by atoms with Crippen molar-refractivity contribution < 1.29 is 14.3 Å². The summed E-state index contributed by atoms with van der Waals surface area (Å²) in [7, 11) is 0. The predicted octanol–water partition coefficient (Wildman–Crippen LogP) is 1.91. The molecular formula is C15H25ClN2O3. The summed E-state index contributed by atoms with van der Waals surface area (Å²) in [6.07, 6.45) is 0.727. The van der Waals surface area contributed by atoms with Crippen molar-refractivity contribution in [2.45, 2.75) is 33.2 Å². The Kier molecular flexibility index (Phi) is 9.58. The molecule has 120 valence electrons. The molecule has 0 bridgehead atoms. The molecule has 0 heterocycles. The maximum Gasteiger partial charge on any atom is 0.236 e. The number of hydrogen-bond donors (Lipinski definition) is 2. The molecule has 0 spiro atoms. The van der Waals surface area contributed by atoms with Crippen molar-refractivity contribution in [1.29, 1.82) is 0 Å². The van der Waals surface area contributed by atoms with E-state index in [1.807, 2.05) is 32.0 Å². The topological polar surface area (TPSA) is 73.6 Å². The van der Waals surface area contributed by atoms with Gasteiger partial charge < -0.3 is 20.5 Å². The molecule has 0 fully saturated rings. The first-order valence-corrected chi connectivity index (χ1v) is 7.00. The van der Waals surface area contributed by atoms with Crippen LogP contribution >= 0.6 is 12.4 Å². The summed E-state index contributed by atoms with van der Waals surface area (Å²) in [6, 6.07) is 5.35. The fourth-order valence-corrected chi connectivity index (χ4v) is 1.74. The summed E-state index contributed by atoms with van der Waals surface area (Å²) < 4.78 is 11.1. The van der Waals surface area contributed by atoms with Crippen molar-refractivity contribution in [3.63, 3.8) is 0 Å². The molecule has 6 heteroatoms. The van der Waals surface area contributed by atoms with Crippen molar-refractivity contribution in [3.8, 4) is 11.5 Å². The largest absolute Gasteiger partial charge is 0.490 e. The van der Waals surface area contributed by atoms with E-state index in [2.05, 4.69) is 5.32 Å². The third kappa shape index (κ3) is 6.69. The Morgan fingerprint density at radius 3 is 2.43 bits per heavy atom. The summed E-state index contributed by atoms with van der Waals surface area (Å²) in [5.41, 5.74) is 6.57. The smallest absolute Gasteiger partial charge is 0.236 e. The van der Waals surface area contributed by atoms with E-state index in [1.54, 1.807) is 6.92 Å². The standard InChI is InChI=1S/C15H24N2O3.ClH/c1-4-19-13-7-6-12(10-14(13)20-5-2)8-9-17-15(18)11(3)16;/h6-7,10-11H,4-5,8-9,16H2,1-3H3,(H,17,18);1H/t11-;/m0./s1. The Morgan fingerprint density at radius 1 is 1.24 bits per heavy atom. The monoisotopic (exact) mass is 316 g/mol. The van der Waals surface area contributed by atoms with Crippen LogP contribution in [0, 0.1) is 0 Å². The molecule has 0 aromatic heterocycles. The van der Waals surface area contributed by atoms with Gasteiger partial charge in [-0.2, -0.15) is 0 Å². The van der Waals surface area contributed by atoms with Crippen LogP contribution in [0.1, 0.15) is 26.3 Å². The van der Waals surface area contributed by atoms with Gasteiger partial charge in [-0.05, 0) is 44.9 Å². The van der Waals surface area contributed by atoms with Crippen molar-refractivity contribution in [1.82, 2.24) is 5.32 Å². The van der Waals surface area contributed by atoms with E-state index < -0.39 is 6.04 Å². The molecule has 3 N–H and O–H groups in total. The normalized spacial score (nSPS) is 11.2. The van der Waals surface area contributed by atoms with Gasteiger partial charge in [-0.3, -0.25) is 4.79 Å². The molecule has 1 atom stereocenters. The number of rotatable bonds is 8. The zero-order valence-corrected chi connectivity index (χ0v) is 13.7. The minimum absolute atomic E-state index is 0. The molecule has 0 radical (unpaired) electrons. The summed E-state index contributed by atoms with van der Waals surface area (Å²) in [5, 5.41) is 2.79. The molecule has 0 saturated heterocycles. The predicted molar refractivity (Wildman–Crippen MR) is 86.4 cm³/mol. The van der Waals surface area contributed by atoms with Crippen LogP contribution in [0.25, 0.3) is 0 Å². The SMILES string of the molecule is CCOc1ccc(CCNC(=O)[C@H](C)N)cc1OCC.Cl. The quantitative estimate of drug-likeness (QED) is 0.768. The van der Waals surface area contributed by atoms with Crippen LogP contribution in [0.5, 0.6) is 11.5 Å². The van der Waals surface area contributed by atoms with E-state index in [1.165, 1.54) is 0 Å². The number of benzene rings is 1. The molecule has 0 aliphatic rings. The number of ether oxygens (including phenoxy) is 2. The number of carbonyl (C=O) groups is 1. The zero-order valence-electron chi connectivity index (χ0n) is 12.8. The van der Waals surface area contributed by atoms with Crippen LogP contribution in [0.15, 0.2) is 18.2 Å². The van der Waals surface area contributed by atoms with E-state index in [-0.39, 0.29) is 18.3 Å². The first-order chi connectivity index (χ1) is 9.58. The average molecular weight is 317 g/mol. The zero-order chi connectivity index (χ0) is 15.0. The van der Waals surface area contributed by atoms with Gasteiger partial charge in [0.1, 0.15) is 0 Å². The van der Waals surface area contributed by atoms with Gasteiger partial charge in [0.15, 0.2) is 11.5 Å². The molecule has 1 rings (SSSR count). The highest BCUT2D eigenvalue weighted by molar-refractivity contribution is 5.85. The number of carbonyl (C=O) groups excluding carboxylic acids is 1. The van der Waals surface area contributed by atoms with Gasteiger partial charge in [-0.1, -0.05) is 6.07 Å². The number of halogens is 1. The fraction of sp³-hybridized carbons (Fsp3) is 0.533. The van der Waals surface area contributed by atoms with Gasteiger partial charge in [0.25, 0.3) is 0 Å². The van der Waals surface area contributed by atoms with Crippen molar-refractivity contribution in [2.75, 3.05) is 19.8 Å². The number of amides is 1. The van der Waals surface area contributed by atoms with E-state index in [9.17, 15) is 4.79 Å². The molecule has 0 aliphatic carbocycles. The van der Waals surface area contributed by atoms with Gasteiger partial charge >= 0.3 is 0 Å². The number of hydrogen-bond acceptors (Lipinski definition) is 4. The minimum atomic E-state index is -0.477. The maximum atomic E-state index is 11.4. The third-order valence-electron chi connectivity index (χ3n) is 2.73. The lowest BCUT2D eigenvalue weighted by Crippen LogP contribution is -2.39. The van der Waals surface area contributed by atoms with Crippen LogP contribution in [-0.2, 0) is 11.2 Å². The second-order valence-corrected chi connectivity index (χ2v) is 4.48.